The molecule has 0 amide bonds. The highest BCUT2D eigenvalue weighted by atomic mass is 16.5. The Kier molecular flexibility index (Phi) is 15.5. The van der Waals surface area contributed by atoms with Crippen molar-refractivity contribution in [2.45, 2.75) is 124 Å². The SMILES string of the molecule is CC(CCCCCCCCCCCC(=O)OC(C)C)CC(=O)OC(C)C. The smallest absolute Gasteiger partial charge is 0.306 e. The highest BCUT2D eigenvalue weighted by Gasteiger charge is 2.11. The minimum Gasteiger partial charge on any atom is -0.463 e. The molecule has 0 heterocycles. The summed E-state index contributed by atoms with van der Waals surface area (Å²) < 4.78 is 10.3. The molecule has 0 aliphatic carbocycles. The molecule has 0 spiro atoms. The van der Waals surface area contributed by atoms with Gasteiger partial charge in [0.15, 0.2) is 0 Å². The lowest BCUT2D eigenvalue weighted by atomic mass is 9.99. The molecule has 0 saturated carbocycles. The third kappa shape index (κ3) is 17.8. The van der Waals surface area contributed by atoms with Crippen LogP contribution in [0.15, 0.2) is 0 Å². The Balaban J connectivity index is 3.33. The van der Waals surface area contributed by atoms with Gasteiger partial charge in [0.2, 0.25) is 0 Å². The van der Waals surface area contributed by atoms with E-state index in [1.54, 1.807) is 0 Å². The van der Waals surface area contributed by atoms with Crippen molar-refractivity contribution in [3.63, 3.8) is 0 Å². The van der Waals surface area contributed by atoms with Crippen LogP contribution in [-0.2, 0) is 19.1 Å². The van der Waals surface area contributed by atoms with Crippen LogP contribution in [0.3, 0.4) is 0 Å². The Bertz CT molecular complexity index is 363. The molecule has 0 radical (unpaired) electrons. The lowest BCUT2D eigenvalue weighted by Gasteiger charge is -2.12. The fraction of sp³-hybridized carbons (Fsp3) is 0.909. The van der Waals surface area contributed by atoms with Gasteiger partial charge in [0.1, 0.15) is 0 Å². The summed E-state index contributed by atoms with van der Waals surface area (Å²) in [6, 6.07) is 0. The van der Waals surface area contributed by atoms with E-state index < -0.39 is 0 Å². The van der Waals surface area contributed by atoms with Crippen molar-refractivity contribution in [1.82, 2.24) is 0 Å². The van der Waals surface area contributed by atoms with Gasteiger partial charge in [0, 0.05) is 12.8 Å². The van der Waals surface area contributed by atoms with Gasteiger partial charge in [-0.2, -0.15) is 0 Å². The third-order valence-electron chi connectivity index (χ3n) is 4.33. The molecular formula is C22H42O4. The Morgan fingerprint density at radius 2 is 1.04 bits per heavy atom. The van der Waals surface area contributed by atoms with Gasteiger partial charge in [-0.05, 0) is 40.0 Å². The zero-order valence-corrected chi connectivity index (χ0v) is 17.9. The third-order valence-corrected chi connectivity index (χ3v) is 4.33. The molecule has 0 aliphatic heterocycles. The lowest BCUT2D eigenvalue weighted by Crippen LogP contribution is -2.14. The largest absolute Gasteiger partial charge is 0.463 e. The number of hydrogen-bond donors (Lipinski definition) is 0. The number of ether oxygens (including phenoxy) is 2. The molecule has 0 fully saturated rings. The van der Waals surface area contributed by atoms with Gasteiger partial charge in [-0.15, -0.1) is 0 Å². The lowest BCUT2D eigenvalue weighted by molar-refractivity contribution is -0.149. The number of carbonyl (C=O) groups is 2. The molecule has 4 heteroatoms. The summed E-state index contributed by atoms with van der Waals surface area (Å²) in [4.78, 5) is 23.0. The summed E-state index contributed by atoms with van der Waals surface area (Å²) >= 11 is 0. The first kappa shape index (κ1) is 24.9. The standard InChI is InChI=1S/C22H42O4/c1-18(2)25-21(23)16-14-12-10-8-6-7-9-11-13-15-20(5)17-22(24)26-19(3)4/h18-20H,6-17H2,1-5H3. The maximum absolute atomic E-state index is 11.6. The maximum atomic E-state index is 11.6. The Hall–Kier alpha value is -1.06. The van der Waals surface area contributed by atoms with E-state index >= 15 is 0 Å². The van der Waals surface area contributed by atoms with E-state index in [2.05, 4.69) is 6.92 Å². The van der Waals surface area contributed by atoms with Crippen molar-refractivity contribution in [2.75, 3.05) is 0 Å². The van der Waals surface area contributed by atoms with Crippen molar-refractivity contribution >= 4 is 11.9 Å². The molecule has 0 aromatic rings. The topological polar surface area (TPSA) is 52.6 Å². The van der Waals surface area contributed by atoms with Crippen molar-refractivity contribution in [1.29, 1.82) is 0 Å². The van der Waals surface area contributed by atoms with Gasteiger partial charge in [-0.25, -0.2) is 0 Å². The Morgan fingerprint density at radius 1 is 0.615 bits per heavy atom. The number of carbonyl (C=O) groups excluding carboxylic acids is 2. The first-order valence-corrected chi connectivity index (χ1v) is 10.7. The van der Waals surface area contributed by atoms with E-state index in [9.17, 15) is 9.59 Å². The monoisotopic (exact) mass is 370 g/mol. The second-order valence-electron chi connectivity index (χ2n) is 8.11. The molecule has 0 aromatic carbocycles. The van der Waals surface area contributed by atoms with Crippen molar-refractivity contribution in [3.8, 4) is 0 Å². The Morgan fingerprint density at radius 3 is 1.54 bits per heavy atom. The molecule has 0 aromatic heterocycles. The van der Waals surface area contributed by atoms with Crippen LogP contribution in [0, 0.1) is 5.92 Å². The summed E-state index contributed by atoms with van der Waals surface area (Å²) in [6.07, 6.45) is 13.1. The molecular weight excluding hydrogens is 328 g/mol. The zero-order valence-electron chi connectivity index (χ0n) is 17.9. The number of rotatable bonds is 16. The van der Waals surface area contributed by atoms with Gasteiger partial charge >= 0.3 is 11.9 Å². The van der Waals surface area contributed by atoms with E-state index in [1.165, 1.54) is 44.9 Å². The van der Waals surface area contributed by atoms with Gasteiger partial charge in [-0.1, -0.05) is 64.7 Å². The second-order valence-corrected chi connectivity index (χ2v) is 8.11. The van der Waals surface area contributed by atoms with Crippen molar-refractivity contribution < 1.29 is 19.1 Å². The molecule has 1 unspecified atom stereocenters. The first-order valence-electron chi connectivity index (χ1n) is 10.7. The second kappa shape index (κ2) is 16.1. The van der Waals surface area contributed by atoms with Gasteiger partial charge in [0.05, 0.1) is 12.2 Å². The highest BCUT2D eigenvalue weighted by Crippen LogP contribution is 2.16. The summed E-state index contributed by atoms with van der Waals surface area (Å²) in [5.74, 6) is 0.292. The minimum absolute atomic E-state index is 0.000603. The quantitative estimate of drug-likeness (QED) is 0.239. The summed E-state index contributed by atoms with van der Waals surface area (Å²) in [5.41, 5.74) is 0. The highest BCUT2D eigenvalue weighted by molar-refractivity contribution is 5.69. The molecule has 0 N–H and O–H groups in total. The molecule has 0 rings (SSSR count). The van der Waals surface area contributed by atoms with E-state index in [0.29, 0.717) is 18.8 Å². The van der Waals surface area contributed by atoms with Gasteiger partial charge in [0.25, 0.3) is 0 Å². The predicted octanol–water partition coefficient (Wildman–Crippen LogP) is 6.21. The van der Waals surface area contributed by atoms with Crippen LogP contribution in [0.25, 0.3) is 0 Å². The number of hydrogen-bond acceptors (Lipinski definition) is 4. The van der Waals surface area contributed by atoms with E-state index in [-0.39, 0.29) is 24.1 Å². The average Bonchev–Trinajstić information content (AvgIpc) is 2.50. The molecule has 1 atom stereocenters. The van der Waals surface area contributed by atoms with Crippen LogP contribution in [-0.4, -0.2) is 24.1 Å². The zero-order chi connectivity index (χ0) is 19.8. The fourth-order valence-corrected chi connectivity index (χ4v) is 3.02. The molecule has 0 aliphatic rings. The van der Waals surface area contributed by atoms with Gasteiger partial charge in [-0.3, -0.25) is 9.59 Å². The van der Waals surface area contributed by atoms with E-state index in [1.807, 2.05) is 27.7 Å². The van der Waals surface area contributed by atoms with Crippen molar-refractivity contribution in [3.05, 3.63) is 0 Å². The molecule has 26 heavy (non-hydrogen) atoms. The Labute approximate surface area is 161 Å². The molecule has 154 valence electrons. The number of unbranched alkanes of at least 4 members (excludes halogenated alkanes) is 8. The van der Waals surface area contributed by atoms with E-state index in [4.69, 9.17) is 9.47 Å². The summed E-state index contributed by atoms with van der Waals surface area (Å²) in [5, 5.41) is 0. The van der Waals surface area contributed by atoms with E-state index in [0.717, 1.165) is 19.3 Å². The summed E-state index contributed by atoms with van der Waals surface area (Å²) in [6.45, 7) is 9.70. The van der Waals surface area contributed by atoms with Crippen LogP contribution in [0.1, 0.15) is 112 Å². The summed E-state index contributed by atoms with van der Waals surface area (Å²) in [7, 11) is 0. The van der Waals surface area contributed by atoms with Crippen molar-refractivity contribution in [2.24, 2.45) is 5.92 Å². The molecule has 0 bridgehead atoms. The first-order chi connectivity index (χ1) is 12.3. The van der Waals surface area contributed by atoms with Crippen LogP contribution >= 0.6 is 0 Å². The average molecular weight is 371 g/mol. The molecule has 0 saturated heterocycles. The van der Waals surface area contributed by atoms with Crippen LogP contribution in [0.2, 0.25) is 0 Å². The predicted molar refractivity (Wildman–Crippen MR) is 107 cm³/mol. The fourth-order valence-electron chi connectivity index (χ4n) is 3.02. The van der Waals surface area contributed by atoms with Gasteiger partial charge < -0.3 is 9.47 Å². The normalized spacial score (nSPS) is 12.4. The number of esters is 2. The van der Waals surface area contributed by atoms with Crippen LogP contribution in [0.4, 0.5) is 0 Å². The minimum atomic E-state index is -0.0648. The van der Waals surface area contributed by atoms with Crippen LogP contribution in [0.5, 0.6) is 0 Å². The molecule has 4 nitrogen and oxygen atoms in total. The van der Waals surface area contributed by atoms with Crippen LogP contribution < -0.4 is 0 Å². The maximum Gasteiger partial charge on any atom is 0.306 e.